The topological polar surface area (TPSA) is 21.3 Å². The van der Waals surface area contributed by atoms with E-state index in [1.54, 1.807) is 0 Å². The zero-order valence-corrected chi connectivity index (χ0v) is 13.4. The van der Waals surface area contributed by atoms with E-state index in [1.807, 2.05) is 31.3 Å². The van der Waals surface area contributed by atoms with Crippen LogP contribution in [-0.4, -0.2) is 20.2 Å². The van der Waals surface area contributed by atoms with Crippen LogP contribution >= 0.6 is 15.9 Å². The Morgan fingerprint density at radius 2 is 2.11 bits per heavy atom. The molecule has 0 fully saturated rings. The van der Waals surface area contributed by atoms with E-state index in [0.717, 1.165) is 29.8 Å². The minimum absolute atomic E-state index is 0.279. The monoisotopic (exact) mass is 313 g/mol. The predicted octanol–water partition coefficient (Wildman–Crippen LogP) is 4.10. The van der Waals surface area contributed by atoms with Gasteiger partial charge in [0.15, 0.2) is 0 Å². The third-order valence-electron chi connectivity index (χ3n) is 3.71. The average molecular weight is 314 g/mol. The van der Waals surface area contributed by atoms with Crippen LogP contribution in [0.3, 0.4) is 0 Å². The number of hydrogen-bond donors (Lipinski definition) is 1. The van der Waals surface area contributed by atoms with Crippen LogP contribution < -0.4 is 10.1 Å². The molecular formula is C15H24BrNO. The first-order valence-corrected chi connectivity index (χ1v) is 7.30. The second-order valence-electron chi connectivity index (χ2n) is 5.39. The molecule has 1 rings (SSSR count). The summed E-state index contributed by atoms with van der Waals surface area (Å²) in [6.45, 7) is 8.64. The van der Waals surface area contributed by atoms with E-state index in [2.05, 4.69) is 42.0 Å². The van der Waals surface area contributed by atoms with Gasteiger partial charge in [0.1, 0.15) is 5.75 Å². The van der Waals surface area contributed by atoms with Gasteiger partial charge in [0, 0.05) is 11.0 Å². The van der Waals surface area contributed by atoms with Gasteiger partial charge in [0.25, 0.3) is 0 Å². The summed E-state index contributed by atoms with van der Waals surface area (Å²) in [5.74, 6) is 1.57. The smallest absolute Gasteiger partial charge is 0.120 e. The molecule has 102 valence electrons. The maximum absolute atomic E-state index is 5.82. The van der Waals surface area contributed by atoms with Gasteiger partial charge in [-0.2, -0.15) is 0 Å². The van der Waals surface area contributed by atoms with Crippen LogP contribution in [0.2, 0.25) is 0 Å². The molecule has 0 aliphatic carbocycles. The summed E-state index contributed by atoms with van der Waals surface area (Å²) < 4.78 is 6.88. The average Bonchev–Trinajstić information content (AvgIpc) is 2.29. The van der Waals surface area contributed by atoms with Gasteiger partial charge in [0.2, 0.25) is 0 Å². The van der Waals surface area contributed by atoms with Crippen molar-refractivity contribution >= 4 is 15.9 Å². The van der Waals surface area contributed by atoms with Crippen LogP contribution in [0.4, 0.5) is 0 Å². The predicted molar refractivity (Wildman–Crippen MR) is 81.1 cm³/mol. The van der Waals surface area contributed by atoms with Crippen molar-refractivity contribution in [2.24, 2.45) is 11.3 Å². The molecule has 1 aromatic rings. The van der Waals surface area contributed by atoms with Crippen molar-refractivity contribution in [1.82, 2.24) is 5.32 Å². The Morgan fingerprint density at radius 3 is 2.67 bits per heavy atom. The van der Waals surface area contributed by atoms with Gasteiger partial charge < -0.3 is 10.1 Å². The summed E-state index contributed by atoms with van der Waals surface area (Å²) in [6.07, 6.45) is 1.05. The van der Waals surface area contributed by atoms with Crippen molar-refractivity contribution in [1.29, 1.82) is 0 Å². The van der Waals surface area contributed by atoms with Crippen LogP contribution in [0.1, 0.15) is 27.2 Å². The molecule has 2 nitrogen and oxygen atoms in total. The normalized spacial score (nSPS) is 14.6. The number of ether oxygens (including phenoxy) is 1. The maximum atomic E-state index is 5.82. The quantitative estimate of drug-likeness (QED) is 0.818. The molecule has 0 bridgehead atoms. The van der Waals surface area contributed by atoms with Crippen LogP contribution in [0, 0.1) is 11.3 Å². The van der Waals surface area contributed by atoms with Crippen molar-refractivity contribution in [3.8, 4) is 5.75 Å². The molecule has 0 spiro atoms. The lowest BCUT2D eigenvalue weighted by Crippen LogP contribution is -2.35. The van der Waals surface area contributed by atoms with Gasteiger partial charge in [-0.1, -0.05) is 42.8 Å². The number of nitrogens with one attached hydrogen (secondary N) is 1. The van der Waals surface area contributed by atoms with Crippen molar-refractivity contribution in [3.63, 3.8) is 0 Å². The SMILES string of the molecule is CNCC(C)(CCOc1cccc(Br)c1)C(C)C. The zero-order chi connectivity index (χ0) is 13.6. The number of benzene rings is 1. The number of rotatable bonds is 7. The minimum atomic E-state index is 0.279. The van der Waals surface area contributed by atoms with Gasteiger partial charge in [-0.05, 0) is 43.0 Å². The fourth-order valence-electron chi connectivity index (χ4n) is 1.94. The Balaban J connectivity index is 2.49. The lowest BCUT2D eigenvalue weighted by molar-refractivity contribution is 0.153. The van der Waals surface area contributed by atoms with Crippen molar-refractivity contribution in [2.75, 3.05) is 20.2 Å². The standard InChI is InChI=1S/C15H24BrNO/c1-12(2)15(3,11-17-4)8-9-18-14-7-5-6-13(16)10-14/h5-7,10,12,17H,8-9,11H2,1-4H3. The third-order valence-corrected chi connectivity index (χ3v) is 4.21. The molecule has 18 heavy (non-hydrogen) atoms. The molecule has 1 unspecified atom stereocenters. The summed E-state index contributed by atoms with van der Waals surface area (Å²) in [7, 11) is 2.01. The first-order valence-electron chi connectivity index (χ1n) is 6.51. The van der Waals surface area contributed by atoms with Crippen LogP contribution in [0.15, 0.2) is 28.7 Å². The highest BCUT2D eigenvalue weighted by Crippen LogP contribution is 2.30. The van der Waals surface area contributed by atoms with Crippen molar-refractivity contribution < 1.29 is 4.74 Å². The maximum Gasteiger partial charge on any atom is 0.120 e. The molecule has 0 heterocycles. The lowest BCUT2D eigenvalue weighted by Gasteiger charge is -2.33. The van der Waals surface area contributed by atoms with E-state index in [9.17, 15) is 0 Å². The Bertz CT molecular complexity index is 367. The molecule has 0 amide bonds. The van der Waals surface area contributed by atoms with Crippen LogP contribution in [0.5, 0.6) is 5.75 Å². The molecular weight excluding hydrogens is 290 g/mol. The first kappa shape index (κ1) is 15.5. The summed E-state index contributed by atoms with van der Waals surface area (Å²) in [4.78, 5) is 0. The molecule has 3 heteroatoms. The van der Waals surface area contributed by atoms with Crippen LogP contribution in [-0.2, 0) is 0 Å². The molecule has 0 saturated heterocycles. The molecule has 0 aliphatic heterocycles. The fourth-order valence-corrected chi connectivity index (χ4v) is 2.32. The Hall–Kier alpha value is -0.540. The summed E-state index contributed by atoms with van der Waals surface area (Å²) in [5, 5.41) is 3.28. The van der Waals surface area contributed by atoms with E-state index in [4.69, 9.17) is 4.74 Å². The van der Waals surface area contributed by atoms with Crippen molar-refractivity contribution in [3.05, 3.63) is 28.7 Å². The van der Waals surface area contributed by atoms with Crippen molar-refractivity contribution in [2.45, 2.75) is 27.2 Å². The summed E-state index contributed by atoms with van der Waals surface area (Å²) in [6, 6.07) is 8.00. The summed E-state index contributed by atoms with van der Waals surface area (Å²) in [5.41, 5.74) is 0.279. The van der Waals surface area contributed by atoms with Crippen LogP contribution in [0.25, 0.3) is 0 Å². The zero-order valence-electron chi connectivity index (χ0n) is 11.8. The van der Waals surface area contributed by atoms with E-state index < -0.39 is 0 Å². The second-order valence-corrected chi connectivity index (χ2v) is 6.31. The van der Waals surface area contributed by atoms with E-state index in [1.165, 1.54) is 0 Å². The summed E-state index contributed by atoms with van der Waals surface area (Å²) >= 11 is 3.45. The molecule has 0 aliphatic rings. The van der Waals surface area contributed by atoms with E-state index >= 15 is 0 Å². The fraction of sp³-hybridized carbons (Fsp3) is 0.600. The molecule has 0 aromatic heterocycles. The van der Waals surface area contributed by atoms with Gasteiger partial charge in [-0.3, -0.25) is 0 Å². The third kappa shape index (κ3) is 4.62. The largest absolute Gasteiger partial charge is 0.494 e. The molecule has 1 atom stereocenters. The Morgan fingerprint density at radius 1 is 1.39 bits per heavy atom. The van der Waals surface area contributed by atoms with E-state index in [-0.39, 0.29) is 5.41 Å². The highest BCUT2D eigenvalue weighted by Gasteiger charge is 2.27. The minimum Gasteiger partial charge on any atom is -0.494 e. The lowest BCUT2D eigenvalue weighted by atomic mass is 9.76. The number of halogens is 1. The highest BCUT2D eigenvalue weighted by molar-refractivity contribution is 9.10. The van der Waals surface area contributed by atoms with Gasteiger partial charge in [0.05, 0.1) is 6.61 Å². The molecule has 0 saturated carbocycles. The van der Waals surface area contributed by atoms with Gasteiger partial charge >= 0.3 is 0 Å². The van der Waals surface area contributed by atoms with Gasteiger partial charge in [-0.15, -0.1) is 0 Å². The molecule has 0 radical (unpaired) electrons. The second kappa shape index (κ2) is 7.15. The highest BCUT2D eigenvalue weighted by atomic mass is 79.9. The molecule has 1 aromatic carbocycles. The van der Waals surface area contributed by atoms with E-state index in [0.29, 0.717) is 5.92 Å². The Kier molecular flexibility index (Phi) is 6.16. The Labute approximate surface area is 119 Å². The van der Waals surface area contributed by atoms with Gasteiger partial charge in [-0.25, -0.2) is 0 Å². The molecule has 1 N–H and O–H groups in total. The first-order chi connectivity index (χ1) is 8.48. The number of hydrogen-bond acceptors (Lipinski definition) is 2.